The summed E-state index contributed by atoms with van der Waals surface area (Å²) >= 11 is 8.35. The number of anilines is 1. The maximum Gasteiger partial charge on any atom is 0.195 e. The minimum absolute atomic E-state index is 0.0142. The average Bonchev–Trinajstić information content (AvgIpc) is 2.45. The lowest BCUT2D eigenvalue weighted by Gasteiger charge is -2.41. The first-order valence-corrected chi connectivity index (χ1v) is 8.08. The molecule has 2 aliphatic heterocycles. The fraction of sp³-hybridized carbons (Fsp3) is 0.538. The van der Waals surface area contributed by atoms with Gasteiger partial charge in [0.05, 0.1) is 5.69 Å². The molecule has 2 aliphatic rings. The van der Waals surface area contributed by atoms with E-state index in [1.54, 1.807) is 5.01 Å². The maximum atomic E-state index is 6.35. The van der Waals surface area contributed by atoms with Crippen LogP contribution in [-0.2, 0) is 0 Å². The van der Waals surface area contributed by atoms with E-state index in [4.69, 9.17) is 22.2 Å². The highest BCUT2D eigenvalue weighted by atomic mass is 35.5. The Kier molecular flexibility index (Phi) is 4.07. The van der Waals surface area contributed by atoms with Gasteiger partial charge in [-0.1, -0.05) is 23.7 Å². The second kappa shape index (κ2) is 5.79. The zero-order chi connectivity index (χ0) is 13.2. The number of benzene rings is 1. The zero-order valence-corrected chi connectivity index (χ0v) is 12.2. The highest BCUT2D eigenvalue weighted by Crippen LogP contribution is 2.35. The van der Waals surface area contributed by atoms with Crippen molar-refractivity contribution in [1.82, 2.24) is 4.90 Å². The molecule has 104 valence electrons. The van der Waals surface area contributed by atoms with E-state index in [-0.39, 0.29) is 6.04 Å². The van der Waals surface area contributed by atoms with Gasteiger partial charge >= 0.3 is 0 Å². The molecule has 2 atom stereocenters. The van der Waals surface area contributed by atoms with Gasteiger partial charge in [-0.15, -0.1) is 0 Å². The molecule has 2 heterocycles. The second-order valence-corrected chi connectivity index (χ2v) is 6.48. The molecule has 1 fully saturated rings. The van der Waals surface area contributed by atoms with Gasteiger partial charge < -0.3 is 4.74 Å². The molecule has 1 aromatic rings. The molecule has 0 spiro atoms. The predicted octanol–water partition coefficient (Wildman–Crippen LogP) is 1.74. The molecule has 6 heteroatoms. The van der Waals surface area contributed by atoms with E-state index in [1.807, 2.05) is 36.0 Å². The Morgan fingerprint density at radius 2 is 2.05 bits per heavy atom. The van der Waals surface area contributed by atoms with Gasteiger partial charge in [0.1, 0.15) is 11.8 Å². The summed E-state index contributed by atoms with van der Waals surface area (Å²) in [5.74, 6) is 9.36. The largest absolute Gasteiger partial charge is 0.470 e. The quantitative estimate of drug-likeness (QED) is 0.665. The Morgan fingerprint density at radius 3 is 2.84 bits per heavy atom. The SMILES string of the molecule is NN1c2ccccc2OC(Cl)C1CN1CCSCC1. The number of nitrogens with zero attached hydrogens (tertiary/aromatic N) is 2. The summed E-state index contributed by atoms with van der Waals surface area (Å²) < 4.78 is 5.77. The van der Waals surface area contributed by atoms with Gasteiger partial charge in [0.15, 0.2) is 5.56 Å². The first kappa shape index (κ1) is 13.4. The summed E-state index contributed by atoms with van der Waals surface area (Å²) in [4.78, 5) is 2.41. The number of hydrogen-bond acceptors (Lipinski definition) is 5. The highest BCUT2D eigenvalue weighted by molar-refractivity contribution is 7.99. The summed E-state index contributed by atoms with van der Waals surface area (Å²) in [7, 11) is 0. The Balaban J connectivity index is 1.75. The number of nitrogens with two attached hydrogens (primary N) is 1. The molecule has 1 saturated heterocycles. The fourth-order valence-corrected chi connectivity index (χ4v) is 3.77. The number of halogens is 1. The molecule has 4 nitrogen and oxygen atoms in total. The van der Waals surface area contributed by atoms with Crippen molar-refractivity contribution in [2.45, 2.75) is 11.6 Å². The molecule has 0 aromatic heterocycles. The standard InChI is InChI=1S/C13H18ClN3OS/c14-13-11(9-16-5-7-19-8-6-16)17(15)10-3-1-2-4-12(10)18-13/h1-4,11,13H,5-9,15H2. The molecule has 19 heavy (non-hydrogen) atoms. The first-order valence-electron chi connectivity index (χ1n) is 6.49. The molecule has 2 N–H and O–H groups in total. The first-order chi connectivity index (χ1) is 9.25. The van der Waals surface area contributed by atoms with Gasteiger partial charge in [-0.05, 0) is 12.1 Å². The fourth-order valence-electron chi connectivity index (χ4n) is 2.49. The van der Waals surface area contributed by atoms with Gasteiger partial charge in [0, 0.05) is 31.1 Å². The number of ether oxygens (including phenoxy) is 1. The van der Waals surface area contributed by atoms with Gasteiger partial charge in [0.2, 0.25) is 0 Å². The summed E-state index contributed by atoms with van der Waals surface area (Å²) in [6, 6.07) is 7.75. The van der Waals surface area contributed by atoms with Gasteiger partial charge in [-0.2, -0.15) is 11.8 Å². The molecule has 0 saturated carbocycles. The highest BCUT2D eigenvalue weighted by Gasteiger charge is 2.34. The van der Waals surface area contributed by atoms with Crippen molar-refractivity contribution in [3.63, 3.8) is 0 Å². The average molecular weight is 300 g/mol. The maximum absolute atomic E-state index is 6.35. The smallest absolute Gasteiger partial charge is 0.195 e. The van der Waals surface area contributed by atoms with Crippen LogP contribution in [0.15, 0.2) is 24.3 Å². The van der Waals surface area contributed by atoms with Crippen molar-refractivity contribution < 1.29 is 4.74 Å². The Hall–Kier alpha value is -0.620. The molecule has 2 unspecified atom stereocenters. The van der Waals surface area contributed by atoms with Crippen molar-refractivity contribution in [3.8, 4) is 5.75 Å². The lowest BCUT2D eigenvalue weighted by atomic mass is 10.1. The van der Waals surface area contributed by atoms with Crippen molar-refractivity contribution in [1.29, 1.82) is 0 Å². The van der Waals surface area contributed by atoms with Crippen molar-refractivity contribution in [3.05, 3.63) is 24.3 Å². The van der Waals surface area contributed by atoms with Gasteiger partial charge in [0.25, 0.3) is 0 Å². The third kappa shape index (κ3) is 2.79. The molecule has 0 bridgehead atoms. The normalized spacial score (nSPS) is 27.8. The third-order valence-electron chi connectivity index (χ3n) is 3.59. The lowest BCUT2D eigenvalue weighted by Crippen LogP contribution is -2.57. The van der Waals surface area contributed by atoms with Crippen LogP contribution in [0, 0.1) is 0 Å². The van der Waals surface area contributed by atoms with Crippen LogP contribution in [0.3, 0.4) is 0 Å². The van der Waals surface area contributed by atoms with Gasteiger partial charge in [-0.3, -0.25) is 9.91 Å². The molecule has 0 aliphatic carbocycles. The number of hydrogen-bond donors (Lipinski definition) is 1. The monoisotopic (exact) mass is 299 g/mol. The zero-order valence-electron chi connectivity index (χ0n) is 10.7. The minimum Gasteiger partial charge on any atom is -0.470 e. The number of thioether (sulfide) groups is 1. The summed E-state index contributed by atoms with van der Waals surface area (Å²) in [5.41, 5.74) is 0.505. The molecule has 1 aromatic carbocycles. The van der Waals surface area contributed by atoms with Crippen molar-refractivity contribution in [2.24, 2.45) is 5.84 Å². The number of alkyl halides is 1. The second-order valence-electron chi connectivity index (χ2n) is 4.82. The Morgan fingerprint density at radius 1 is 1.32 bits per heavy atom. The Bertz CT molecular complexity index is 442. The molecule has 0 amide bonds. The number of rotatable bonds is 2. The molecule has 3 rings (SSSR count). The molecular weight excluding hydrogens is 282 g/mol. The van der Waals surface area contributed by atoms with Crippen LogP contribution in [-0.4, -0.2) is 47.6 Å². The van der Waals surface area contributed by atoms with E-state index in [1.165, 1.54) is 11.5 Å². The van der Waals surface area contributed by atoms with E-state index in [0.717, 1.165) is 31.1 Å². The van der Waals surface area contributed by atoms with Crippen LogP contribution in [0.4, 0.5) is 5.69 Å². The Labute approximate surface area is 122 Å². The van der Waals surface area contributed by atoms with E-state index >= 15 is 0 Å². The van der Waals surface area contributed by atoms with Crippen molar-refractivity contribution in [2.75, 3.05) is 36.1 Å². The van der Waals surface area contributed by atoms with Crippen LogP contribution in [0.5, 0.6) is 5.75 Å². The third-order valence-corrected chi connectivity index (χ3v) is 4.91. The lowest BCUT2D eigenvalue weighted by molar-refractivity contribution is 0.179. The van der Waals surface area contributed by atoms with E-state index in [2.05, 4.69) is 4.90 Å². The van der Waals surface area contributed by atoms with Crippen LogP contribution < -0.4 is 15.6 Å². The van der Waals surface area contributed by atoms with E-state index in [0.29, 0.717) is 0 Å². The van der Waals surface area contributed by atoms with Gasteiger partial charge in [-0.25, -0.2) is 5.84 Å². The van der Waals surface area contributed by atoms with E-state index in [9.17, 15) is 0 Å². The van der Waals surface area contributed by atoms with Crippen LogP contribution in [0.2, 0.25) is 0 Å². The van der Waals surface area contributed by atoms with Crippen LogP contribution in [0.1, 0.15) is 0 Å². The van der Waals surface area contributed by atoms with E-state index < -0.39 is 5.56 Å². The minimum atomic E-state index is -0.408. The molecular formula is C13H18ClN3OS. The number of fused-ring (bicyclic) bond motifs is 1. The van der Waals surface area contributed by atoms with Crippen LogP contribution in [0.25, 0.3) is 0 Å². The number of para-hydroxylation sites is 2. The topological polar surface area (TPSA) is 41.7 Å². The molecule has 0 radical (unpaired) electrons. The van der Waals surface area contributed by atoms with Crippen LogP contribution >= 0.6 is 23.4 Å². The summed E-state index contributed by atoms with van der Waals surface area (Å²) in [6.07, 6.45) is 0. The predicted molar refractivity (Wildman–Crippen MR) is 80.9 cm³/mol. The number of hydrazine groups is 1. The van der Waals surface area contributed by atoms with Crippen molar-refractivity contribution >= 4 is 29.1 Å². The summed E-state index contributed by atoms with van der Waals surface area (Å²) in [5, 5.41) is 1.76. The summed E-state index contributed by atoms with van der Waals surface area (Å²) in [6.45, 7) is 3.04.